The van der Waals surface area contributed by atoms with Crippen LogP contribution in [0.4, 0.5) is 0 Å². The molecule has 0 atom stereocenters. The SMILES string of the molecule is [Rb+].[S-]Cc1cccs1. The van der Waals surface area contributed by atoms with Crippen molar-refractivity contribution in [2.45, 2.75) is 5.75 Å². The first-order valence-corrected chi connectivity index (χ1v) is 3.49. The van der Waals surface area contributed by atoms with Crippen LogP contribution in [-0.2, 0) is 18.4 Å². The maximum Gasteiger partial charge on any atom is 1.00 e. The van der Waals surface area contributed by atoms with Crippen molar-refractivity contribution in [2.75, 3.05) is 0 Å². The van der Waals surface area contributed by atoms with Crippen LogP contribution in [0.2, 0.25) is 0 Å². The average Bonchev–Trinajstić information content (AvgIpc) is 2.14. The van der Waals surface area contributed by atoms with E-state index in [1.807, 2.05) is 11.4 Å². The van der Waals surface area contributed by atoms with Crippen molar-refractivity contribution >= 4 is 24.0 Å². The largest absolute Gasteiger partial charge is 1.00 e. The molecule has 0 spiro atoms. The van der Waals surface area contributed by atoms with E-state index >= 15 is 0 Å². The Bertz CT molecular complexity index is 125. The Morgan fingerprint density at radius 1 is 1.62 bits per heavy atom. The molecule has 3 heteroatoms. The molecule has 0 saturated carbocycles. The van der Waals surface area contributed by atoms with Crippen LogP contribution in [0.1, 0.15) is 4.88 Å². The van der Waals surface area contributed by atoms with Gasteiger partial charge >= 0.3 is 58.2 Å². The van der Waals surface area contributed by atoms with Crippen LogP contribution >= 0.6 is 11.3 Å². The van der Waals surface area contributed by atoms with Gasteiger partial charge < -0.3 is 12.6 Å². The van der Waals surface area contributed by atoms with E-state index in [-0.39, 0.29) is 58.2 Å². The molecule has 0 fully saturated rings. The fourth-order valence-electron chi connectivity index (χ4n) is 0.395. The number of hydrogen-bond acceptors (Lipinski definition) is 2. The first-order valence-electron chi connectivity index (χ1n) is 2.04. The topological polar surface area (TPSA) is 0 Å². The molecule has 0 aromatic carbocycles. The van der Waals surface area contributed by atoms with Gasteiger partial charge in [-0.2, -0.15) is 11.3 Å². The minimum absolute atomic E-state index is 0. The van der Waals surface area contributed by atoms with Crippen LogP contribution in [0, 0.1) is 0 Å². The number of hydrogen-bond donors (Lipinski definition) is 0. The summed E-state index contributed by atoms with van der Waals surface area (Å²) in [6.45, 7) is 0. The summed E-state index contributed by atoms with van der Waals surface area (Å²) in [5.74, 6) is 0.762. The molecule has 0 aliphatic rings. The molecule has 0 radical (unpaired) electrons. The van der Waals surface area contributed by atoms with Crippen LogP contribution in [0.25, 0.3) is 0 Å². The van der Waals surface area contributed by atoms with Gasteiger partial charge in [0.05, 0.1) is 0 Å². The molecule has 0 saturated heterocycles. The van der Waals surface area contributed by atoms with Crippen molar-refractivity contribution in [2.24, 2.45) is 0 Å². The van der Waals surface area contributed by atoms with Gasteiger partial charge in [0.15, 0.2) is 0 Å². The van der Waals surface area contributed by atoms with Gasteiger partial charge in [0.25, 0.3) is 0 Å². The molecule has 8 heavy (non-hydrogen) atoms. The fraction of sp³-hybridized carbons (Fsp3) is 0.200. The van der Waals surface area contributed by atoms with Crippen LogP contribution in [0.3, 0.4) is 0 Å². The molecular weight excluding hydrogens is 210 g/mol. The van der Waals surface area contributed by atoms with E-state index in [1.165, 1.54) is 4.88 Å². The van der Waals surface area contributed by atoms with E-state index in [4.69, 9.17) is 12.6 Å². The van der Waals surface area contributed by atoms with Gasteiger partial charge in [0.1, 0.15) is 0 Å². The molecule has 0 amide bonds. The van der Waals surface area contributed by atoms with Crippen LogP contribution in [0.15, 0.2) is 17.5 Å². The second-order valence-electron chi connectivity index (χ2n) is 1.22. The molecule has 1 rings (SSSR count). The second kappa shape index (κ2) is 5.63. The van der Waals surface area contributed by atoms with E-state index in [9.17, 15) is 0 Å². The van der Waals surface area contributed by atoms with Gasteiger partial charge in [-0.3, -0.25) is 0 Å². The molecule has 0 aliphatic heterocycles. The summed E-state index contributed by atoms with van der Waals surface area (Å²) in [5, 5.41) is 2.04. The van der Waals surface area contributed by atoms with Crippen molar-refractivity contribution in [3.8, 4) is 0 Å². The summed E-state index contributed by atoms with van der Waals surface area (Å²) in [6, 6.07) is 4.07. The Hall–Kier alpha value is 1.86. The van der Waals surface area contributed by atoms with Crippen molar-refractivity contribution in [3.05, 3.63) is 22.4 Å². The third-order valence-corrected chi connectivity index (χ3v) is 2.09. The van der Waals surface area contributed by atoms with E-state index in [0.717, 1.165) is 5.75 Å². The van der Waals surface area contributed by atoms with E-state index in [0.29, 0.717) is 0 Å². The Kier molecular flexibility index (Phi) is 6.93. The van der Waals surface area contributed by atoms with Crippen molar-refractivity contribution in [1.82, 2.24) is 0 Å². The van der Waals surface area contributed by atoms with Gasteiger partial charge in [-0.1, -0.05) is 12.1 Å². The normalized spacial score (nSPS) is 8.12. The third-order valence-electron chi connectivity index (χ3n) is 0.722. The van der Waals surface area contributed by atoms with Crippen LogP contribution in [-0.4, -0.2) is 0 Å². The molecule has 0 nitrogen and oxygen atoms in total. The quantitative estimate of drug-likeness (QED) is 0.530. The molecule has 1 aromatic rings. The summed E-state index contributed by atoms with van der Waals surface area (Å²) in [4.78, 5) is 1.29. The zero-order chi connectivity index (χ0) is 5.11. The molecule has 1 aromatic heterocycles. The monoisotopic (exact) mass is 214 g/mol. The summed E-state index contributed by atoms with van der Waals surface area (Å²) in [5.41, 5.74) is 0. The minimum Gasteiger partial charge on any atom is -0.787 e. The molecule has 1 heterocycles. The zero-order valence-electron chi connectivity index (χ0n) is 4.76. The summed E-state index contributed by atoms with van der Waals surface area (Å²) >= 11 is 6.50. The molecule has 0 aliphatic carbocycles. The Labute approximate surface area is 108 Å². The fourth-order valence-corrected chi connectivity index (χ4v) is 1.25. The van der Waals surface area contributed by atoms with Gasteiger partial charge in [0, 0.05) is 0 Å². The molecule has 0 unspecified atom stereocenters. The van der Waals surface area contributed by atoms with Crippen molar-refractivity contribution in [3.63, 3.8) is 0 Å². The van der Waals surface area contributed by atoms with Gasteiger partial charge in [0.2, 0.25) is 0 Å². The summed E-state index contributed by atoms with van der Waals surface area (Å²) in [6.07, 6.45) is 0. The van der Waals surface area contributed by atoms with Gasteiger partial charge in [-0.15, -0.1) is 5.75 Å². The Morgan fingerprint density at radius 2 is 2.38 bits per heavy atom. The van der Waals surface area contributed by atoms with Gasteiger partial charge in [-0.05, 0) is 10.3 Å². The summed E-state index contributed by atoms with van der Waals surface area (Å²) < 4.78 is 0. The van der Waals surface area contributed by atoms with Crippen molar-refractivity contribution in [1.29, 1.82) is 0 Å². The Morgan fingerprint density at radius 3 is 2.62 bits per heavy atom. The third kappa shape index (κ3) is 3.13. The molecule has 38 valence electrons. The standard InChI is InChI=1S/C5H6S2.Rb/c6-4-5-2-1-3-7-5;/h1-3,6H,4H2;/q;+1/p-1. The van der Waals surface area contributed by atoms with Crippen LogP contribution in [0.5, 0.6) is 0 Å². The molecular formula is C5H5RbS2. The number of thiophene rings is 1. The summed E-state index contributed by atoms with van der Waals surface area (Å²) in [7, 11) is 0. The second-order valence-corrected chi connectivity index (χ2v) is 2.54. The minimum atomic E-state index is 0. The first kappa shape index (κ1) is 9.86. The van der Waals surface area contributed by atoms with Gasteiger partial charge in [-0.25, -0.2) is 0 Å². The van der Waals surface area contributed by atoms with Crippen LogP contribution < -0.4 is 58.2 Å². The van der Waals surface area contributed by atoms with E-state index < -0.39 is 0 Å². The maximum atomic E-state index is 4.78. The zero-order valence-corrected chi connectivity index (χ0v) is 11.3. The Balaban J connectivity index is 0.000000490. The van der Waals surface area contributed by atoms with E-state index in [1.54, 1.807) is 11.3 Å². The predicted octanol–water partition coefficient (Wildman–Crippen LogP) is -1.20. The average molecular weight is 215 g/mol. The number of rotatable bonds is 1. The molecule has 0 bridgehead atoms. The van der Waals surface area contributed by atoms with E-state index in [2.05, 4.69) is 6.07 Å². The first-order chi connectivity index (χ1) is 3.43. The maximum absolute atomic E-state index is 4.78. The molecule has 0 N–H and O–H groups in total. The van der Waals surface area contributed by atoms with Crippen molar-refractivity contribution < 1.29 is 58.2 Å². The predicted molar refractivity (Wildman–Crippen MR) is 35.4 cm³/mol. The smallest absolute Gasteiger partial charge is 0.787 e.